The fourth-order valence-electron chi connectivity index (χ4n) is 2.05. The lowest BCUT2D eigenvalue weighted by atomic mass is 10.0. The number of amides is 1. The molecule has 0 radical (unpaired) electrons. The van der Waals surface area contributed by atoms with Crippen LogP contribution in [0.25, 0.3) is 0 Å². The van der Waals surface area contributed by atoms with Gasteiger partial charge in [-0.3, -0.25) is 4.79 Å². The highest BCUT2D eigenvalue weighted by Crippen LogP contribution is 2.30. The molecule has 0 saturated carbocycles. The minimum Gasteiger partial charge on any atom is -0.312 e. The van der Waals surface area contributed by atoms with Gasteiger partial charge in [0.2, 0.25) is 5.91 Å². The van der Waals surface area contributed by atoms with Gasteiger partial charge in [0.1, 0.15) is 0 Å². The summed E-state index contributed by atoms with van der Waals surface area (Å²) in [6.45, 7) is 2.18. The fraction of sp³-hybridized carbons (Fsp3) is 0.364. The van der Waals surface area contributed by atoms with E-state index in [4.69, 9.17) is 10.7 Å². The number of nitrogens with zero attached hydrogens (tertiary/aromatic N) is 1. The van der Waals surface area contributed by atoms with Crippen molar-refractivity contribution in [3.05, 3.63) is 23.8 Å². The predicted molar refractivity (Wildman–Crippen MR) is 65.8 cm³/mol. The van der Waals surface area contributed by atoms with E-state index in [1.807, 2.05) is 0 Å². The minimum absolute atomic E-state index is 0.0348. The molecule has 6 heteroatoms. The first kappa shape index (κ1) is 12.4. The van der Waals surface area contributed by atoms with Gasteiger partial charge in [0.15, 0.2) is 0 Å². The summed E-state index contributed by atoms with van der Waals surface area (Å²) in [5.41, 5.74) is 1.64. The van der Waals surface area contributed by atoms with Crippen LogP contribution in [-0.2, 0) is 20.3 Å². The highest BCUT2D eigenvalue weighted by Gasteiger charge is 2.21. The Morgan fingerprint density at radius 3 is 2.71 bits per heavy atom. The first-order valence-corrected chi connectivity index (χ1v) is 7.56. The summed E-state index contributed by atoms with van der Waals surface area (Å²) in [5, 5.41) is 0. The van der Waals surface area contributed by atoms with Gasteiger partial charge in [0.25, 0.3) is 9.05 Å². The third kappa shape index (κ3) is 2.45. The molecule has 1 aliphatic heterocycles. The summed E-state index contributed by atoms with van der Waals surface area (Å²) < 4.78 is 22.4. The van der Waals surface area contributed by atoms with Crippen molar-refractivity contribution in [3.63, 3.8) is 0 Å². The molecule has 0 aromatic heterocycles. The first-order valence-electron chi connectivity index (χ1n) is 5.25. The maximum atomic E-state index is 11.4. The van der Waals surface area contributed by atoms with E-state index in [1.165, 1.54) is 13.0 Å². The number of rotatable bonds is 1. The monoisotopic (exact) mass is 273 g/mol. The Bertz CT molecular complexity index is 568. The van der Waals surface area contributed by atoms with Crippen LogP contribution in [0.15, 0.2) is 23.1 Å². The lowest BCUT2D eigenvalue weighted by molar-refractivity contribution is -0.116. The average molecular weight is 274 g/mol. The second-order valence-electron chi connectivity index (χ2n) is 4.00. The number of benzene rings is 1. The Hall–Kier alpha value is -1.07. The molecule has 92 valence electrons. The molecule has 0 bridgehead atoms. The van der Waals surface area contributed by atoms with E-state index in [9.17, 15) is 13.2 Å². The fourth-order valence-corrected chi connectivity index (χ4v) is 2.85. The van der Waals surface area contributed by atoms with Crippen LogP contribution in [0.3, 0.4) is 0 Å². The van der Waals surface area contributed by atoms with Crippen LogP contribution in [0.4, 0.5) is 5.69 Å². The van der Waals surface area contributed by atoms with Crippen molar-refractivity contribution >= 4 is 31.3 Å². The molecule has 0 saturated heterocycles. The maximum Gasteiger partial charge on any atom is 0.261 e. The zero-order valence-electron chi connectivity index (χ0n) is 9.31. The summed E-state index contributed by atoms with van der Waals surface area (Å²) in [6, 6.07) is 4.63. The molecule has 0 fully saturated rings. The van der Waals surface area contributed by atoms with Crippen LogP contribution >= 0.6 is 10.7 Å². The SMILES string of the molecule is CC(=O)N1CCCc2cc(S(=O)(=O)Cl)ccc21. The smallest absolute Gasteiger partial charge is 0.261 e. The van der Waals surface area contributed by atoms with Gasteiger partial charge in [-0.2, -0.15) is 0 Å². The quantitative estimate of drug-likeness (QED) is 0.735. The highest BCUT2D eigenvalue weighted by atomic mass is 35.7. The normalized spacial score (nSPS) is 15.5. The average Bonchev–Trinajstić information content (AvgIpc) is 2.26. The third-order valence-corrected chi connectivity index (χ3v) is 4.18. The largest absolute Gasteiger partial charge is 0.312 e. The number of hydrogen-bond acceptors (Lipinski definition) is 3. The van der Waals surface area contributed by atoms with Gasteiger partial charge < -0.3 is 4.90 Å². The van der Waals surface area contributed by atoms with E-state index in [2.05, 4.69) is 0 Å². The van der Waals surface area contributed by atoms with Crippen LogP contribution in [0.5, 0.6) is 0 Å². The molecule has 0 N–H and O–H groups in total. The molecule has 1 aliphatic rings. The molecular formula is C11H12ClNO3S. The van der Waals surface area contributed by atoms with Crippen LogP contribution in [0.2, 0.25) is 0 Å². The maximum absolute atomic E-state index is 11.4. The zero-order valence-corrected chi connectivity index (χ0v) is 10.9. The van der Waals surface area contributed by atoms with Crippen molar-refractivity contribution in [2.24, 2.45) is 0 Å². The molecule has 0 aliphatic carbocycles. The van der Waals surface area contributed by atoms with Crippen molar-refractivity contribution in [2.45, 2.75) is 24.7 Å². The topological polar surface area (TPSA) is 54.5 Å². The van der Waals surface area contributed by atoms with Crippen molar-refractivity contribution in [1.29, 1.82) is 0 Å². The van der Waals surface area contributed by atoms with Crippen molar-refractivity contribution in [1.82, 2.24) is 0 Å². The van der Waals surface area contributed by atoms with E-state index in [0.717, 1.165) is 24.1 Å². The van der Waals surface area contributed by atoms with E-state index in [-0.39, 0.29) is 10.8 Å². The van der Waals surface area contributed by atoms with Gasteiger partial charge in [0.05, 0.1) is 4.90 Å². The molecule has 0 atom stereocenters. The highest BCUT2D eigenvalue weighted by molar-refractivity contribution is 8.13. The summed E-state index contributed by atoms with van der Waals surface area (Å²) in [5.74, 6) is -0.0348. The number of fused-ring (bicyclic) bond motifs is 1. The van der Waals surface area contributed by atoms with Gasteiger partial charge in [0, 0.05) is 29.8 Å². The molecule has 0 spiro atoms. The molecule has 2 rings (SSSR count). The molecular weight excluding hydrogens is 262 g/mol. The number of carbonyl (C=O) groups is 1. The van der Waals surface area contributed by atoms with E-state index in [0.29, 0.717) is 6.54 Å². The van der Waals surface area contributed by atoms with Gasteiger partial charge >= 0.3 is 0 Å². The Kier molecular flexibility index (Phi) is 3.14. The third-order valence-electron chi connectivity index (χ3n) is 2.83. The second-order valence-corrected chi connectivity index (χ2v) is 6.57. The Labute approximate surface area is 105 Å². The Balaban J connectivity index is 2.51. The number of halogens is 1. The molecule has 0 unspecified atom stereocenters. The standard InChI is InChI=1S/C11H12ClNO3S/c1-8(14)13-6-2-3-9-7-10(17(12,15)16)4-5-11(9)13/h4-5,7H,2-3,6H2,1H3. The van der Waals surface area contributed by atoms with Crippen molar-refractivity contribution in [2.75, 3.05) is 11.4 Å². The lowest BCUT2D eigenvalue weighted by Crippen LogP contribution is -2.33. The second kappa shape index (κ2) is 4.31. The van der Waals surface area contributed by atoms with E-state index in [1.54, 1.807) is 17.0 Å². The molecule has 1 heterocycles. The number of carbonyl (C=O) groups excluding carboxylic acids is 1. The van der Waals surface area contributed by atoms with Gasteiger partial charge in [-0.1, -0.05) is 0 Å². The predicted octanol–water partition coefficient (Wildman–Crippen LogP) is 1.91. The van der Waals surface area contributed by atoms with E-state index < -0.39 is 9.05 Å². The number of anilines is 1. The lowest BCUT2D eigenvalue weighted by Gasteiger charge is -2.28. The number of hydrogen-bond donors (Lipinski definition) is 0. The Morgan fingerprint density at radius 1 is 1.41 bits per heavy atom. The molecule has 17 heavy (non-hydrogen) atoms. The summed E-state index contributed by atoms with van der Waals surface area (Å²) in [6.07, 6.45) is 1.59. The van der Waals surface area contributed by atoms with Crippen molar-refractivity contribution < 1.29 is 13.2 Å². The van der Waals surface area contributed by atoms with Crippen LogP contribution in [0.1, 0.15) is 18.9 Å². The van der Waals surface area contributed by atoms with Gasteiger partial charge in [-0.25, -0.2) is 8.42 Å². The molecule has 1 aromatic carbocycles. The Morgan fingerprint density at radius 2 is 2.12 bits per heavy atom. The zero-order chi connectivity index (χ0) is 12.6. The van der Waals surface area contributed by atoms with Crippen LogP contribution in [-0.4, -0.2) is 20.9 Å². The van der Waals surface area contributed by atoms with Gasteiger partial charge in [-0.15, -0.1) is 0 Å². The molecule has 1 amide bonds. The molecule has 4 nitrogen and oxygen atoms in total. The summed E-state index contributed by atoms with van der Waals surface area (Å²) in [4.78, 5) is 13.2. The molecule has 1 aromatic rings. The number of aryl methyl sites for hydroxylation is 1. The summed E-state index contributed by atoms with van der Waals surface area (Å²) in [7, 11) is 1.59. The summed E-state index contributed by atoms with van der Waals surface area (Å²) >= 11 is 0. The van der Waals surface area contributed by atoms with Crippen LogP contribution < -0.4 is 4.90 Å². The van der Waals surface area contributed by atoms with Gasteiger partial charge in [-0.05, 0) is 36.6 Å². The first-order chi connectivity index (χ1) is 7.89. The van der Waals surface area contributed by atoms with E-state index >= 15 is 0 Å². The minimum atomic E-state index is -3.71. The van der Waals surface area contributed by atoms with Crippen molar-refractivity contribution in [3.8, 4) is 0 Å². The van der Waals surface area contributed by atoms with Crippen LogP contribution in [0, 0.1) is 0 Å².